The third kappa shape index (κ3) is 3.55. The summed E-state index contributed by atoms with van der Waals surface area (Å²) >= 11 is 1.22. The van der Waals surface area contributed by atoms with Crippen LogP contribution in [0.2, 0.25) is 0 Å². The molecule has 0 radical (unpaired) electrons. The molecule has 0 aliphatic rings. The zero-order chi connectivity index (χ0) is 14.5. The fraction of sp³-hybridized carbons (Fsp3) is 0.154. The molecule has 0 fully saturated rings. The highest BCUT2D eigenvalue weighted by atomic mass is 32.1. The van der Waals surface area contributed by atoms with Crippen LogP contribution in [-0.2, 0) is 11.2 Å². The number of aromatic nitrogens is 1. The molecule has 0 spiro atoms. The third-order valence-corrected chi connectivity index (χ3v) is 3.28. The van der Waals surface area contributed by atoms with Crippen LogP contribution in [0.3, 0.4) is 0 Å². The van der Waals surface area contributed by atoms with E-state index in [1.54, 1.807) is 36.7 Å². The van der Waals surface area contributed by atoms with E-state index in [0.29, 0.717) is 22.9 Å². The lowest BCUT2D eigenvalue weighted by atomic mass is 10.1. The van der Waals surface area contributed by atoms with E-state index in [1.807, 2.05) is 0 Å². The number of anilines is 2. The Kier molecular flexibility index (Phi) is 4.31. The highest BCUT2D eigenvalue weighted by Crippen LogP contribution is 2.14. The van der Waals surface area contributed by atoms with Crippen molar-refractivity contribution in [2.24, 2.45) is 0 Å². The van der Waals surface area contributed by atoms with Gasteiger partial charge in [0, 0.05) is 18.1 Å². The minimum Gasteiger partial charge on any atom is -0.375 e. The van der Waals surface area contributed by atoms with Crippen molar-refractivity contribution in [3.05, 3.63) is 40.9 Å². The first kappa shape index (κ1) is 14.0. The zero-order valence-corrected chi connectivity index (χ0v) is 11.7. The number of thiazole rings is 1. The molecule has 0 atom stereocenters. The number of carbonyl (C=O) groups excluding carboxylic acids is 2. The summed E-state index contributed by atoms with van der Waals surface area (Å²) < 4.78 is 0. The smallest absolute Gasteiger partial charge is 0.275 e. The Bertz CT molecular complexity index is 622. The monoisotopic (exact) mass is 290 g/mol. The van der Waals surface area contributed by atoms with E-state index in [-0.39, 0.29) is 11.8 Å². The number of nitrogen functional groups attached to an aromatic ring is 1. The summed E-state index contributed by atoms with van der Waals surface area (Å²) in [4.78, 5) is 27.0. The maximum Gasteiger partial charge on any atom is 0.275 e. The van der Waals surface area contributed by atoms with Gasteiger partial charge in [0.1, 0.15) is 5.69 Å². The number of nitrogens with two attached hydrogens (primary N) is 1. The molecule has 0 bridgehead atoms. The van der Waals surface area contributed by atoms with Crippen LogP contribution in [0.4, 0.5) is 10.8 Å². The predicted octanol–water partition coefficient (Wildman–Crippen LogP) is 1.27. The SMILES string of the molecule is CNC(=O)Cc1ccc(NC(=O)c2csc(N)n2)cc1. The molecule has 0 aliphatic carbocycles. The lowest BCUT2D eigenvalue weighted by molar-refractivity contribution is -0.119. The normalized spacial score (nSPS) is 10.1. The molecule has 20 heavy (non-hydrogen) atoms. The molecule has 6 nitrogen and oxygen atoms in total. The summed E-state index contributed by atoms with van der Waals surface area (Å²) in [6.07, 6.45) is 0.313. The molecule has 1 aromatic heterocycles. The Labute approximate surface area is 120 Å². The second-order valence-electron chi connectivity index (χ2n) is 4.07. The number of nitrogens with zero attached hydrogens (tertiary/aromatic N) is 1. The molecule has 7 heteroatoms. The van der Waals surface area contributed by atoms with Crippen LogP contribution < -0.4 is 16.4 Å². The molecule has 4 N–H and O–H groups in total. The van der Waals surface area contributed by atoms with Gasteiger partial charge in [-0.25, -0.2) is 4.98 Å². The van der Waals surface area contributed by atoms with Crippen molar-refractivity contribution >= 4 is 34.0 Å². The molecule has 0 aliphatic heterocycles. The number of carbonyl (C=O) groups is 2. The first-order valence-corrected chi connectivity index (χ1v) is 6.78. The van der Waals surface area contributed by atoms with Crippen LogP contribution in [0.1, 0.15) is 16.1 Å². The van der Waals surface area contributed by atoms with E-state index in [2.05, 4.69) is 15.6 Å². The summed E-state index contributed by atoms with van der Waals surface area (Å²) in [6, 6.07) is 7.07. The standard InChI is InChI=1S/C13H14N4O2S/c1-15-11(18)6-8-2-4-9(5-3-8)16-12(19)10-7-20-13(14)17-10/h2-5,7H,6H2,1H3,(H2,14,17)(H,15,18)(H,16,19). The van der Waals surface area contributed by atoms with Gasteiger partial charge in [0.2, 0.25) is 5.91 Å². The van der Waals surface area contributed by atoms with Crippen molar-refractivity contribution in [2.45, 2.75) is 6.42 Å². The van der Waals surface area contributed by atoms with Gasteiger partial charge in [0.25, 0.3) is 5.91 Å². The maximum atomic E-state index is 11.8. The summed E-state index contributed by atoms with van der Waals surface area (Å²) in [5.41, 5.74) is 7.29. The molecule has 2 rings (SSSR count). The number of rotatable bonds is 4. The van der Waals surface area contributed by atoms with Gasteiger partial charge in [-0.2, -0.15) is 0 Å². The maximum absolute atomic E-state index is 11.8. The summed E-state index contributed by atoms with van der Waals surface area (Å²) in [6.45, 7) is 0. The van der Waals surface area contributed by atoms with Gasteiger partial charge < -0.3 is 16.4 Å². The van der Waals surface area contributed by atoms with Crippen molar-refractivity contribution in [3.8, 4) is 0 Å². The van der Waals surface area contributed by atoms with Crippen molar-refractivity contribution in [3.63, 3.8) is 0 Å². The lowest BCUT2D eigenvalue weighted by Crippen LogP contribution is -2.19. The minimum absolute atomic E-state index is 0.0558. The highest BCUT2D eigenvalue weighted by molar-refractivity contribution is 7.13. The Balaban J connectivity index is 2.00. The quantitative estimate of drug-likeness (QED) is 0.789. The minimum atomic E-state index is -0.308. The number of amides is 2. The number of likely N-dealkylation sites (N-methyl/N-ethyl adjacent to an activating group) is 1. The molecular formula is C13H14N4O2S. The second kappa shape index (κ2) is 6.16. The van der Waals surface area contributed by atoms with Crippen molar-refractivity contribution < 1.29 is 9.59 Å². The van der Waals surface area contributed by atoms with E-state index < -0.39 is 0 Å². The summed E-state index contributed by atoms with van der Waals surface area (Å²) in [5, 5.41) is 7.23. The molecule has 2 aromatic rings. The number of hydrogen-bond donors (Lipinski definition) is 3. The van der Waals surface area contributed by atoms with Crippen LogP contribution in [0.25, 0.3) is 0 Å². The van der Waals surface area contributed by atoms with E-state index in [9.17, 15) is 9.59 Å². The van der Waals surface area contributed by atoms with Crippen LogP contribution in [0.15, 0.2) is 29.6 Å². The van der Waals surface area contributed by atoms with Crippen LogP contribution >= 0.6 is 11.3 Å². The number of hydrogen-bond acceptors (Lipinski definition) is 5. The first-order valence-electron chi connectivity index (χ1n) is 5.90. The Morgan fingerprint density at radius 2 is 2.00 bits per heavy atom. The van der Waals surface area contributed by atoms with E-state index in [4.69, 9.17) is 5.73 Å². The summed E-state index contributed by atoms with van der Waals surface area (Å²) in [7, 11) is 1.59. The topological polar surface area (TPSA) is 97.1 Å². The largest absolute Gasteiger partial charge is 0.375 e. The van der Waals surface area contributed by atoms with Gasteiger partial charge in [-0.05, 0) is 17.7 Å². The van der Waals surface area contributed by atoms with Crippen LogP contribution in [0, 0.1) is 0 Å². The predicted molar refractivity (Wildman–Crippen MR) is 78.7 cm³/mol. The second-order valence-corrected chi connectivity index (χ2v) is 4.96. The molecule has 1 heterocycles. The van der Waals surface area contributed by atoms with E-state index in [0.717, 1.165) is 5.56 Å². The van der Waals surface area contributed by atoms with E-state index >= 15 is 0 Å². The van der Waals surface area contributed by atoms with Gasteiger partial charge in [0.05, 0.1) is 6.42 Å². The van der Waals surface area contributed by atoms with E-state index in [1.165, 1.54) is 11.3 Å². The molecular weight excluding hydrogens is 276 g/mol. The van der Waals surface area contributed by atoms with Crippen molar-refractivity contribution in [1.29, 1.82) is 0 Å². The van der Waals surface area contributed by atoms with Gasteiger partial charge in [-0.3, -0.25) is 9.59 Å². The third-order valence-electron chi connectivity index (χ3n) is 2.61. The fourth-order valence-corrected chi connectivity index (χ4v) is 2.11. The van der Waals surface area contributed by atoms with Crippen molar-refractivity contribution in [1.82, 2.24) is 10.3 Å². The lowest BCUT2D eigenvalue weighted by Gasteiger charge is -2.05. The van der Waals surface area contributed by atoms with Gasteiger partial charge >= 0.3 is 0 Å². The first-order chi connectivity index (χ1) is 9.58. The molecule has 0 saturated heterocycles. The zero-order valence-electron chi connectivity index (χ0n) is 10.8. The molecule has 1 aromatic carbocycles. The van der Waals surface area contributed by atoms with Gasteiger partial charge in [-0.1, -0.05) is 12.1 Å². The Morgan fingerprint density at radius 3 is 2.55 bits per heavy atom. The number of nitrogens with one attached hydrogen (secondary N) is 2. The Hall–Kier alpha value is -2.41. The number of benzene rings is 1. The van der Waals surface area contributed by atoms with Crippen LogP contribution in [0.5, 0.6) is 0 Å². The molecule has 2 amide bonds. The molecule has 0 unspecified atom stereocenters. The Morgan fingerprint density at radius 1 is 1.30 bits per heavy atom. The van der Waals surface area contributed by atoms with Gasteiger partial charge in [0.15, 0.2) is 5.13 Å². The average Bonchev–Trinajstić information content (AvgIpc) is 2.87. The van der Waals surface area contributed by atoms with Crippen molar-refractivity contribution in [2.75, 3.05) is 18.1 Å². The molecule has 104 valence electrons. The van der Waals surface area contributed by atoms with Gasteiger partial charge in [-0.15, -0.1) is 11.3 Å². The highest BCUT2D eigenvalue weighted by Gasteiger charge is 2.10. The molecule has 0 saturated carbocycles. The van der Waals surface area contributed by atoms with Crippen LogP contribution in [-0.4, -0.2) is 23.8 Å². The summed E-state index contributed by atoms with van der Waals surface area (Å²) in [5.74, 6) is -0.364. The average molecular weight is 290 g/mol. The fourth-order valence-electron chi connectivity index (χ4n) is 1.57.